The van der Waals surface area contributed by atoms with Crippen molar-refractivity contribution in [2.24, 2.45) is 0 Å². The lowest BCUT2D eigenvalue weighted by Gasteiger charge is -2.43. The van der Waals surface area contributed by atoms with Crippen LogP contribution in [0.5, 0.6) is 0 Å². The molecule has 2 aromatic carbocycles. The van der Waals surface area contributed by atoms with Crippen molar-refractivity contribution in [1.82, 2.24) is 20.0 Å². The van der Waals surface area contributed by atoms with Gasteiger partial charge >= 0.3 is 12.2 Å². The summed E-state index contributed by atoms with van der Waals surface area (Å²) >= 11 is 0. The molecule has 0 saturated carbocycles. The van der Waals surface area contributed by atoms with E-state index in [0.29, 0.717) is 19.6 Å². The largest absolute Gasteiger partial charge is 0.465 e. The highest BCUT2D eigenvalue weighted by Gasteiger charge is 2.36. The SMILES string of the molecule is CC(=O)N1CC(c2ccccc2)N(C(=O)O)CC1C.CC1CN(C(=O)OC(C)(C)C)C(c2ccccc2)CN1. The number of hydrogen-bond donors (Lipinski definition) is 2. The Morgan fingerprint density at radius 3 is 1.85 bits per heavy atom. The maximum absolute atomic E-state index is 12.4. The zero-order valence-electron chi connectivity index (χ0n) is 23.8. The number of carbonyl (C=O) groups is 3. The van der Waals surface area contributed by atoms with Crippen LogP contribution < -0.4 is 5.32 Å². The van der Waals surface area contributed by atoms with Gasteiger partial charge in [-0.05, 0) is 45.7 Å². The van der Waals surface area contributed by atoms with Crippen molar-refractivity contribution < 1.29 is 24.2 Å². The van der Waals surface area contributed by atoms with Crippen LogP contribution in [0.1, 0.15) is 64.8 Å². The highest BCUT2D eigenvalue weighted by molar-refractivity contribution is 5.74. The van der Waals surface area contributed by atoms with Gasteiger partial charge in [-0.1, -0.05) is 60.7 Å². The lowest BCUT2D eigenvalue weighted by Crippen LogP contribution is -2.56. The molecule has 2 fully saturated rings. The van der Waals surface area contributed by atoms with Crippen molar-refractivity contribution in [3.05, 3.63) is 71.8 Å². The fourth-order valence-electron chi connectivity index (χ4n) is 4.99. The lowest BCUT2D eigenvalue weighted by molar-refractivity contribution is -0.134. The van der Waals surface area contributed by atoms with Crippen molar-refractivity contribution in [2.75, 3.05) is 26.2 Å². The number of ether oxygens (including phenoxy) is 1. The number of piperazine rings is 2. The van der Waals surface area contributed by atoms with E-state index in [1.165, 1.54) is 11.8 Å². The summed E-state index contributed by atoms with van der Waals surface area (Å²) in [5.74, 6) is -0.0153. The topological polar surface area (TPSA) is 102 Å². The van der Waals surface area contributed by atoms with Crippen LogP contribution in [0, 0.1) is 0 Å². The van der Waals surface area contributed by atoms with E-state index in [9.17, 15) is 19.5 Å². The molecule has 39 heavy (non-hydrogen) atoms. The molecule has 4 rings (SSSR count). The minimum Gasteiger partial charge on any atom is -0.465 e. The van der Waals surface area contributed by atoms with Crippen LogP contribution in [0.4, 0.5) is 9.59 Å². The molecule has 9 heteroatoms. The first-order chi connectivity index (χ1) is 18.4. The molecule has 2 aliphatic rings. The van der Waals surface area contributed by atoms with Gasteiger partial charge in [-0.3, -0.25) is 14.6 Å². The Bertz CT molecular complexity index is 1110. The Morgan fingerprint density at radius 2 is 1.36 bits per heavy atom. The monoisotopic (exact) mass is 538 g/mol. The van der Waals surface area contributed by atoms with E-state index in [2.05, 4.69) is 24.4 Å². The van der Waals surface area contributed by atoms with E-state index < -0.39 is 11.7 Å². The first-order valence-corrected chi connectivity index (χ1v) is 13.5. The van der Waals surface area contributed by atoms with Crippen LogP contribution in [-0.2, 0) is 9.53 Å². The first kappa shape index (κ1) is 30.0. The Morgan fingerprint density at radius 1 is 0.821 bits per heavy atom. The van der Waals surface area contributed by atoms with Crippen molar-refractivity contribution >= 4 is 18.1 Å². The molecule has 0 radical (unpaired) electrons. The minimum absolute atomic E-state index is 0.0153. The Labute approximate surface area is 231 Å². The molecule has 212 valence electrons. The molecule has 4 atom stereocenters. The molecule has 0 aromatic heterocycles. The van der Waals surface area contributed by atoms with Gasteiger partial charge in [0.1, 0.15) is 5.60 Å². The van der Waals surface area contributed by atoms with Crippen molar-refractivity contribution in [3.63, 3.8) is 0 Å². The molecule has 2 aliphatic heterocycles. The Kier molecular flexibility index (Phi) is 9.97. The minimum atomic E-state index is -0.941. The third-order valence-corrected chi connectivity index (χ3v) is 6.89. The second-order valence-corrected chi connectivity index (χ2v) is 11.3. The van der Waals surface area contributed by atoms with Crippen LogP contribution in [0.25, 0.3) is 0 Å². The summed E-state index contributed by atoms with van der Waals surface area (Å²) in [6.45, 7) is 13.3. The van der Waals surface area contributed by atoms with Crippen LogP contribution >= 0.6 is 0 Å². The number of nitrogens with one attached hydrogen (secondary N) is 1. The Hall–Kier alpha value is -3.59. The zero-order valence-corrected chi connectivity index (χ0v) is 23.8. The molecule has 2 saturated heterocycles. The quantitative estimate of drug-likeness (QED) is 0.563. The summed E-state index contributed by atoms with van der Waals surface area (Å²) in [5, 5.41) is 12.8. The Balaban J connectivity index is 0.000000216. The maximum atomic E-state index is 12.4. The van der Waals surface area contributed by atoms with E-state index in [0.717, 1.165) is 17.7 Å². The predicted octanol–water partition coefficient (Wildman–Crippen LogP) is 4.91. The van der Waals surface area contributed by atoms with Crippen LogP contribution in [0.15, 0.2) is 60.7 Å². The summed E-state index contributed by atoms with van der Waals surface area (Å²) in [6.07, 6.45) is -1.18. The van der Waals surface area contributed by atoms with Gasteiger partial charge in [-0.2, -0.15) is 0 Å². The first-order valence-electron chi connectivity index (χ1n) is 13.5. The van der Waals surface area contributed by atoms with Crippen molar-refractivity contribution in [1.29, 1.82) is 0 Å². The highest BCUT2D eigenvalue weighted by Crippen LogP contribution is 2.28. The van der Waals surface area contributed by atoms with E-state index in [4.69, 9.17) is 4.74 Å². The van der Waals surface area contributed by atoms with E-state index in [1.54, 1.807) is 4.90 Å². The summed E-state index contributed by atoms with van der Waals surface area (Å²) in [7, 11) is 0. The highest BCUT2D eigenvalue weighted by atomic mass is 16.6. The molecule has 4 unspecified atom stereocenters. The fourth-order valence-corrected chi connectivity index (χ4v) is 4.99. The molecular formula is C30H42N4O5. The number of carboxylic acid groups (broad SMARTS) is 1. The van der Waals surface area contributed by atoms with Gasteiger partial charge in [0.25, 0.3) is 0 Å². The molecule has 2 N–H and O–H groups in total. The van der Waals surface area contributed by atoms with Gasteiger partial charge in [0, 0.05) is 45.2 Å². The average Bonchev–Trinajstić information content (AvgIpc) is 2.88. The standard InChI is InChI=1S/C16H24N2O2.C14H18N2O3/c1-12-11-18(15(19)20-16(2,3)4)14(10-17-12)13-8-6-5-7-9-13;1-10-8-16(14(18)19)13(9-15(10)11(2)17)12-6-4-3-5-7-12/h5-9,12,14,17H,10-11H2,1-4H3;3-7,10,13H,8-9H2,1-2H3,(H,18,19). The van der Waals surface area contributed by atoms with E-state index >= 15 is 0 Å². The second-order valence-electron chi connectivity index (χ2n) is 11.3. The predicted molar refractivity (Wildman–Crippen MR) is 150 cm³/mol. The number of amides is 3. The van der Waals surface area contributed by atoms with Gasteiger partial charge < -0.3 is 20.1 Å². The number of carbonyl (C=O) groups excluding carboxylic acids is 2. The summed E-state index contributed by atoms with van der Waals surface area (Å²) < 4.78 is 5.54. The summed E-state index contributed by atoms with van der Waals surface area (Å²) in [6, 6.07) is 19.5. The zero-order chi connectivity index (χ0) is 28.7. The lowest BCUT2D eigenvalue weighted by atomic mass is 10.0. The number of nitrogens with zero attached hydrogens (tertiary/aromatic N) is 3. The van der Waals surface area contributed by atoms with E-state index in [-0.39, 0.29) is 36.2 Å². The average molecular weight is 539 g/mol. The third-order valence-electron chi connectivity index (χ3n) is 6.89. The number of benzene rings is 2. The van der Waals surface area contributed by atoms with Gasteiger partial charge in [-0.25, -0.2) is 9.59 Å². The molecule has 0 bridgehead atoms. The van der Waals surface area contributed by atoms with E-state index in [1.807, 2.05) is 81.1 Å². The maximum Gasteiger partial charge on any atom is 0.410 e. The number of hydrogen-bond acceptors (Lipinski definition) is 5. The van der Waals surface area contributed by atoms with Crippen LogP contribution in [-0.4, -0.2) is 81.8 Å². The fraction of sp³-hybridized carbons (Fsp3) is 0.500. The summed E-state index contributed by atoms with van der Waals surface area (Å²) in [4.78, 5) is 40.4. The molecular weight excluding hydrogens is 496 g/mol. The van der Waals surface area contributed by atoms with Crippen LogP contribution in [0.2, 0.25) is 0 Å². The van der Waals surface area contributed by atoms with Crippen molar-refractivity contribution in [2.45, 2.75) is 71.3 Å². The molecule has 0 spiro atoms. The van der Waals surface area contributed by atoms with Crippen molar-refractivity contribution in [3.8, 4) is 0 Å². The second kappa shape index (κ2) is 13.0. The third kappa shape index (κ3) is 8.20. The molecule has 2 aromatic rings. The van der Waals surface area contributed by atoms with Gasteiger partial charge in [0.2, 0.25) is 5.91 Å². The normalized spacial score (nSPS) is 23.4. The molecule has 3 amide bonds. The van der Waals surface area contributed by atoms with Gasteiger partial charge in [0.15, 0.2) is 0 Å². The molecule has 0 aliphatic carbocycles. The summed E-state index contributed by atoms with van der Waals surface area (Å²) in [5.41, 5.74) is 1.59. The van der Waals surface area contributed by atoms with Gasteiger partial charge in [0.05, 0.1) is 12.1 Å². The molecule has 2 heterocycles. The molecule has 9 nitrogen and oxygen atoms in total. The van der Waals surface area contributed by atoms with Gasteiger partial charge in [-0.15, -0.1) is 0 Å². The smallest absolute Gasteiger partial charge is 0.410 e. The van der Waals surface area contributed by atoms with Crippen LogP contribution in [0.3, 0.4) is 0 Å². The number of rotatable bonds is 2.